The van der Waals surface area contributed by atoms with Gasteiger partial charge in [-0.15, -0.1) is 11.6 Å². The predicted octanol–water partition coefficient (Wildman–Crippen LogP) is 1.72. The van der Waals surface area contributed by atoms with Gasteiger partial charge in [0.25, 0.3) is 0 Å². The predicted molar refractivity (Wildman–Crippen MR) is 67.6 cm³/mol. The smallest absolute Gasteiger partial charge is 0.303 e. The summed E-state index contributed by atoms with van der Waals surface area (Å²) >= 11 is 5.47. The Hall–Kier alpha value is -1.26. The van der Waals surface area contributed by atoms with Crippen LogP contribution in [-0.4, -0.2) is 34.7 Å². The van der Waals surface area contributed by atoms with Crippen molar-refractivity contribution >= 4 is 23.3 Å². The molecule has 1 atom stereocenters. The lowest BCUT2D eigenvalue weighted by molar-refractivity contribution is -0.136. The van der Waals surface area contributed by atoms with Gasteiger partial charge in [0.1, 0.15) is 0 Å². The first-order valence-electron chi connectivity index (χ1n) is 5.40. The van der Waals surface area contributed by atoms with Crippen LogP contribution in [0.4, 0.5) is 5.69 Å². The summed E-state index contributed by atoms with van der Waals surface area (Å²) in [6.45, 7) is 0.401. The van der Waals surface area contributed by atoms with Crippen LogP contribution in [0.2, 0.25) is 0 Å². The molecule has 0 saturated heterocycles. The van der Waals surface area contributed by atoms with Crippen LogP contribution in [0, 0.1) is 0 Å². The molecule has 0 amide bonds. The maximum absolute atomic E-state index is 10.4. The Morgan fingerprint density at radius 2 is 2.00 bits per heavy atom. The Kier molecular flexibility index (Phi) is 5.80. The molecule has 17 heavy (non-hydrogen) atoms. The molecule has 4 nitrogen and oxygen atoms in total. The number of carbonyl (C=O) groups is 1. The van der Waals surface area contributed by atoms with Crippen molar-refractivity contribution in [3.63, 3.8) is 0 Å². The Balaban J connectivity index is 2.41. The lowest BCUT2D eigenvalue weighted by Gasteiger charge is -2.10. The average molecular weight is 258 g/mol. The summed E-state index contributed by atoms with van der Waals surface area (Å²) in [4.78, 5) is 10.4. The third-order valence-corrected chi connectivity index (χ3v) is 2.66. The number of carboxylic acids is 1. The van der Waals surface area contributed by atoms with Gasteiger partial charge in [0.05, 0.1) is 12.0 Å². The summed E-state index contributed by atoms with van der Waals surface area (Å²) in [5.41, 5.74) is 1.86. The maximum Gasteiger partial charge on any atom is 0.303 e. The van der Waals surface area contributed by atoms with Gasteiger partial charge in [0.2, 0.25) is 0 Å². The summed E-state index contributed by atoms with van der Waals surface area (Å²) in [5, 5.41) is 20.8. The third-order valence-electron chi connectivity index (χ3n) is 2.30. The zero-order chi connectivity index (χ0) is 12.7. The molecule has 0 aromatic heterocycles. The highest BCUT2D eigenvalue weighted by molar-refractivity contribution is 6.18. The van der Waals surface area contributed by atoms with Crippen LogP contribution in [0.1, 0.15) is 12.0 Å². The van der Waals surface area contributed by atoms with Gasteiger partial charge in [-0.25, -0.2) is 0 Å². The highest BCUT2D eigenvalue weighted by atomic mass is 35.5. The fourth-order valence-electron chi connectivity index (χ4n) is 1.33. The standard InChI is InChI=1S/C12H16ClNO3/c13-7-11(15)8-14-10-4-1-9(2-5-10)3-6-12(16)17/h1-2,4-5,11,14-15H,3,6-8H2,(H,16,17). The van der Waals surface area contributed by atoms with Crippen LogP contribution in [0.5, 0.6) is 0 Å². The van der Waals surface area contributed by atoms with Gasteiger partial charge in [-0.05, 0) is 24.1 Å². The van der Waals surface area contributed by atoms with Crippen LogP contribution < -0.4 is 5.32 Å². The monoisotopic (exact) mass is 257 g/mol. The van der Waals surface area contributed by atoms with E-state index in [2.05, 4.69) is 5.32 Å². The van der Waals surface area contributed by atoms with Crippen LogP contribution in [0.3, 0.4) is 0 Å². The number of anilines is 1. The third kappa shape index (κ3) is 5.56. The van der Waals surface area contributed by atoms with E-state index in [9.17, 15) is 9.90 Å². The number of rotatable bonds is 7. The van der Waals surface area contributed by atoms with Gasteiger partial charge in [-0.3, -0.25) is 4.79 Å². The highest BCUT2D eigenvalue weighted by Crippen LogP contribution is 2.11. The number of aliphatic hydroxyl groups is 1. The van der Waals surface area contributed by atoms with E-state index in [0.717, 1.165) is 11.3 Å². The molecule has 1 rings (SSSR count). The van der Waals surface area contributed by atoms with Crippen molar-refractivity contribution in [2.75, 3.05) is 17.7 Å². The molecular weight excluding hydrogens is 242 g/mol. The summed E-state index contributed by atoms with van der Waals surface area (Å²) in [5.74, 6) is -0.596. The molecule has 0 saturated carbocycles. The summed E-state index contributed by atoms with van der Waals surface area (Å²) in [6, 6.07) is 7.47. The normalized spacial score (nSPS) is 12.1. The zero-order valence-electron chi connectivity index (χ0n) is 9.40. The van der Waals surface area contributed by atoms with E-state index < -0.39 is 12.1 Å². The number of aryl methyl sites for hydroxylation is 1. The molecular formula is C12H16ClNO3. The number of benzene rings is 1. The number of carboxylic acid groups (broad SMARTS) is 1. The van der Waals surface area contributed by atoms with Crippen LogP contribution >= 0.6 is 11.6 Å². The number of nitrogens with one attached hydrogen (secondary N) is 1. The molecule has 0 fully saturated rings. The molecule has 0 aliphatic heterocycles. The van der Waals surface area contributed by atoms with E-state index in [1.165, 1.54) is 0 Å². The maximum atomic E-state index is 10.4. The minimum atomic E-state index is -0.794. The molecule has 0 heterocycles. The number of halogens is 1. The Labute approximate surface area is 105 Å². The molecule has 1 aromatic carbocycles. The molecule has 0 radical (unpaired) electrons. The Morgan fingerprint density at radius 1 is 1.35 bits per heavy atom. The molecule has 3 N–H and O–H groups in total. The first-order chi connectivity index (χ1) is 8.11. The summed E-state index contributed by atoms with van der Waals surface area (Å²) in [6.07, 6.45) is 0.0980. The van der Waals surface area contributed by atoms with E-state index in [4.69, 9.17) is 16.7 Å². The van der Waals surface area contributed by atoms with E-state index in [-0.39, 0.29) is 12.3 Å². The molecule has 0 aliphatic carbocycles. The van der Waals surface area contributed by atoms with Gasteiger partial charge < -0.3 is 15.5 Å². The minimum absolute atomic E-state index is 0.137. The molecule has 0 spiro atoms. The Morgan fingerprint density at radius 3 is 2.53 bits per heavy atom. The number of aliphatic hydroxyl groups excluding tert-OH is 1. The summed E-state index contributed by atoms with van der Waals surface area (Å²) in [7, 11) is 0. The van der Waals surface area contributed by atoms with Crippen molar-refractivity contribution < 1.29 is 15.0 Å². The lowest BCUT2D eigenvalue weighted by Crippen LogP contribution is -2.20. The number of hydrogen-bond donors (Lipinski definition) is 3. The average Bonchev–Trinajstić information content (AvgIpc) is 2.34. The molecule has 94 valence electrons. The van der Waals surface area contributed by atoms with Crippen molar-refractivity contribution in [1.29, 1.82) is 0 Å². The second-order valence-electron chi connectivity index (χ2n) is 3.78. The van der Waals surface area contributed by atoms with Crippen molar-refractivity contribution in [2.45, 2.75) is 18.9 Å². The quantitative estimate of drug-likeness (QED) is 0.651. The molecule has 0 bridgehead atoms. The van der Waals surface area contributed by atoms with E-state index in [0.29, 0.717) is 13.0 Å². The van der Waals surface area contributed by atoms with Crippen LogP contribution in [0.25, 0.3) is 0 Å². The molecule has 1 aromatic rings. The van der Waals surface area contributed by atoms with Gasteiger partial charge in [-0.1, -0.05) is 12.1 Å². The second kappa shape index (κ2) is 7.14. The largest absolute Gasteiger partial charge is 0.481 e. The second-order valence-corrected chi connectivity index (χ2v) is 4.09. The lowest BCUT2D eigenvalue weighted by atomic mass is 10.1. The van der Waals surface area contributed by atoms with Crippen LogP contribution in [0.15, 0.2) is 24.3 Å². The van der Waals surface area contributed by atoms with E-state index >= 15 is 0 Å². The first-order valence-corrected chi connectivity index (χ1v) is 5.94. The van der Waals surface area contributed by atoms with Gasteiger partial charge in [-0.2, -0.15) is 0 Å². The van der Waals surface area contributed by atoms with Gasteiger partial charge >= 0.3 is 5.97 Å². The van der Waals surface area contributed by atoms with Crippen molar-refractivity contribution in [2.24, 2.45) is 0 Å². The minimum Gasteiger partial charge on any atom is -0.481 e. The number of hydrogen-bond acceptors (Lipinski definition) is 3. The van der Waals surface area contributed by atoms with Gasteiger partial charge in [0.15, 0.2) is 0 Å². The van der Waals surface area contributed by atoms with Gasteiger partial charge in [0, 0.05) is 18.7 Å². The van der Waals surface area contributed by atoms with E-state index in [1.807, 2.05) is 24.3 Å². The number of alkyl halides is 1. The molecule has 0 aliphatic rings. The first kappa shape index (κ1) is 13.8. The molecule has 5 heteroatoms. The zero-order valence-corrected chi connectivity index (χ0v) is 10.2. The van der Waals surface area contributed by atoms with Crippen molar-refractivity contribution in [1.82, 2.24) is 0 Å². The summed E-state index contributed by atoms with van der Waals surface area (Å²) < 4.78 is 0. The SMILES string of the molecule is O=C(O)CCc1ccc(NCC(O)CCl)cc1. The topological polar surface area (TPSA) is 69.6 Å². The van der Waals surface area contributed by atoms with Crippen molar-refractivity contribution in [3.8, 4) is 0 Å². The molecule has 1 unspecified atom stereocenters. The Bertz CT molecular complexity index is 353. The fourth-order valence-corrected chi connectivity index (χ4v) is 1.44. The number of aliphatic carboxylic acids is 1. The fraction of sp³-hybridized carbons (Fsp3) is 0.417. The van der Waals surface area contributed by atoms with E-state index in [1.54, 1.807) is 0 Å². The van der Waals surface area contributed by atoms with Crippen molar-refractivity contribution in [3.05, 3.63) is 29.8 Å². The highest BCUT2D eigenvalue weighted by Gasteiger charge is 2.02. The van der Waals surface area contributed by atoms with Crippen LogP contribution in [-0.2, 0) is 11.2 Å².